The average molecular weight is 448 g/mol. The summed E-state index contributed by atoms with van der Waals surface area (Å²) in [5, 5.41) is 24.9. The monoisotopic (exact) mass is 448 g/mol. The zero-order valence-electron chi connectivity index (χ0n) is 17.8. The molecule has 1 saturated heterocycles. The Balaban J connectivity index is 1.98. The number of ether oxygens (including phenoxy) is 1. The van der Waals surface area contributed by atoms with Gasteiger partial charge in [0, 0.05) is 10.5 Å². The maximum absolute atomic E-state index is 14.1. The second-order valence-corrected chi connectivity index (χ2v) is 8.10. The highest BCUT2D eigenvalue weighted by Gasteiger charge is 2.57. The van der Waals surface area contributed by atoms with Crippen LogP contribution in [0.25, 0.3) is 0 Å². The smallest absolute Gasteiger partial charge is 0.321 e. The second-order valence-electron chi connectivity index (χ2n) is 8.10. The first-order valence-corrected chi connectivity index (χ1v) is 10.5. The van der Waals surface area contributed by atoms with Gasteiger partial charge in [-0.3, -0.25) is 20.2 Å². The molecule has 0 spiro atoms. The van der Waals surface area contributed by atoms with Gasteiger partial charge in [0.05, 0.1) is 18.6 Å². The summed E-state index contributed by atoms with van der Waals surface area (Å²) < 4.78 is 33.7. The first-order chi connectivity index (χ1) is 15.3. The molecule has 0 unspecified atom stereocenters. The second kappa shape index (κ2) is 10.1. The predicted molar refractivity (Wildman–Crippen MR) is 112 cm³/mol. The minimum absolute atomic E-state index is 0.0339. The van der Waals surface area contributed by atoms with E-state index in [0.29, 0.717) is 12.0 Å². The van der Waals surface area contributed by atoms with Crippen LogP contribution < -0.4 is 5.32 Å². The van der Waals surface area contributed by atoms with Gasteiger partial charge in [0.2, 0.25) is 6.04 Å². The molecule has 2 aromatic carbocycles. The molecule has 1 aliphatic heterocycles. The Morgan fingerprint density at radius 3 is 2.50 bits per heavy atom. The van der Waals surface area contributed by atoms with E-state index < -0.39 is 52.7 Å². The number of carboxylic acids is 1. The summed E-state index contributed by atoms with van der Waals surface area (Å²) >= 11 is 0. The topological polar surface area (TPSA) is 102 Å². The molecule has 0 bridgehead atoms. The zero-order chi connectivity index (χ0) is 23.4. The molecule has 3 rings (SSSR count). The third kappa shape index (κ3) is 4.78. The quantitative estimate of drug-likeness (QED) is 0.445. The molecule has 1 fully saturated rings. The number of carbonyl (C=O) groups is 1. The molecule has 6 atom stereocenters. The molecular weight excluding hydrogens is 422 g/mol. The van der Waals surface area contributed by atoms with Crippen molar-refractivity contribution in [2.75, 3.05) is 0 Å². The fourth-order valence-electron chi connectivity index (χ4n) is 4.39. The fourth-order valence-corrected chi connectivity index (χ4v) is 4.39. The van der Waals surface area contributed by atoms with E-state index in [4.69, 9.17) is 4.74 Å². The van der Waals surface area contributed by atoms with Crippen LogP contribution >= 0.6 is 0 Å². The van der Waals surface area contributed by atoms with Gasteiger partial charge in [-0.1, -0.05) is 62.7 Å². The first kappa shape index (κ1) is 23.7. The minimum Gasteiger partial charge on any atom is -0.480 e. The van der Waals surface area contributed by atoms with Crippen LogP contribution in [0.3, 0.4) is 0 Å². The summed E-state index contributed by atoms with van der Waals surface area (Å²) in [4.78, 5) is 23.8. The maximum atomic E-state index is 14.1. The molecule has 172 valence electrons. The summed E-state index contributed by atoms with van der Waals surface area (Å²) in [7, 11) is 0. The van der Waals surface area contributed by atoms with E-state index in [-0.39, 0.29) is 18.1 Å². The molecule has 1 heterocycles. The number of nitrogens with one attached hydrogen (secondary N) is 1. The standard InChI is InChI=1S/C23H26F2N2O5/c1-3-13(2)22(32-12-15-10-7-11-16(24)18(15)25)17-20(23(28)29)26-19(21(17)27(30)31)14-8-5-4-6-9-14/h4-11,13,17,19-22,26H,3,12H2,1-2H3,(H,28,29)/t13-,17+,19-,20-,21-,22-/m0/s1. The highest BCUT2D eigenvalue weighted by molar-refractivity contribution is 5.75. The molecule has 7 nitrogen and oxygen atoms in total. The van der Waals surface area contributed by atoms with Gasteiger partial charge in [0.1, 0.15) is 12.1 Å². The number of carboxylic acid groups (broad SMARTS) is 1. The highest BCUT2D eigenvalue weighted by Crippen LogP contribution is 2.39. The van der Waals surface area contributed by atoms with E-state index in [0.717, 1.165) is 6.07 Å². The van der Waals surface area contributed by atoms with Gasteiger partial charge in [-0.25, -0.2) is 8.78 Å². The summed E-state index contributed by atoms with van der Waals surface area (Å²) in [6.07, 6.45) is -0.320. The molecule has 32 heavy (non-hydrogen) atoms. The number of nitrogens with zero attached hydrogens (tertiary/aromatic N) is 1. The van der Waals surface area contributed by atoms with Crippen molar-refractivity contribution >= 4 is 5.97 Å². The number of benzene rings is 2. The number of rotatable bonds is 9. The number of halogens is 2. The van der Waals surface area contributed by atoms with Crippen molar-refractivity contribution in [3.63, 3.8) is 0 Å². The van der Waals surface area contributed by atoms with Crippen LogP contribution in [0.2, 0.25) is 0 Å². The highest BCUT2D eigenvalue weighted by atomic mass is 19.2. The predicted octanol–water partition coefficient (Wildman–Crippen LogP) is 3.96. The Labute approximate surface area is 184 Å². The molecule has 0 radical (unpaired) electrons. The summed E-state index contributed by atoms with van der Waals surface area (Å²) in [5.74, 6) is -4.60. The minimum atomic E-state index is -1.28. The lowest BCUT2D eigenvalue weighted by molar-refractivity contribution is -0.535. The van der Waals surface area contributed by atoms with Crippen molar-refractivity contribution in [1.82, 2.24) is 5.32 Å². The lowest BCUT2D eigenvalue weighted by Gasteiger charge is -2.31. The van der Waals surface area contributed by atoms with Gasteiger partial charge in [-0.15, -0.1) is 0 Å². The van der Waals surface area contributed by atoms with Crippen LogP contribution in [0.5, 0.6) is 0 Å². The van der Waals surface area contributed by atoms with Crippen molar-refractivity contribution < 1.29 is 28.3 Å². The SMILES string of the molecule is CC[C@H](C)[C@H](OCc1cccc(F)c1F)[C@H]1[C@H]([N+](=O)[O-])[C@H](c2ccccc2)N[C@@H]1C(=O)O. The summed E-state index contributed by atoms with van der Waals surface area (Å²) in [5.41, 5.74) is 0.565. The molecule has 2 N–H and O–H groups in total. The van der Waals surface area contributed by atoms with Crippen LogP contribution in [0, 0.1) is 33.6 Å². The molecule has 0 aliphatic carbocycles. The van der Waals surface area contributed by atoms with Gasteiger partial charge < -0.3 is 9.84 Å². The van der Waals surface area contributed by atoms with E-state index in [1.54, 1.807) is 37.3 Å². The average Bonchev–Trinajstić information content (AvgIpc) is 3.18. The number of nitro groups is 1. The Hall–Kier alpha value is -2.91. The van der Waals surface area contributed by atoms with Crippen molar-refractivity contribution in [3.8, 4) is 0 Å². The van der Waals surface area contributed by atoms with Crippen molar-refractivity contribution in [2.45, 2.75) is 51.1 Å². The van der Waals surface area contributed by atoms with Gasteiger partial charge in [-0.05, 0) is 17.5 Å². The molecule has 0 saturated carbocycles. The van der Waals surface area contributed by atoms with Crippen molar-refractivity contribution in [1.29, 1.82) is 0 Å². The van der Waals surface area contributed by atoms with Crippen LogP contribution in [-0.2, 0) is 16.1 Å². The normalized spacial score (nSPS) is 24.8. The third-order valence-electron chi connectivity index (χ3n) is 6.20. The van der Waals surface area contributed by atoms with Gasteiger partial charge in [0.25, 0.3) is 0 Å². The lowest BCUT2D eigenvalue weighted by atomic mass is 9.80. The largest absolute Gasteiger partial charge is 0.480 e. The Kier molecular flexibility index (Phi) is 7.52. The lowest BCUT2D eigenvalue weighted by Crippen LogP contribution is -2.47. The third-order valence-corrected chi connectivity index (χ3v) is 6.20. The molecule has 1 aliphatic rings. The van der Waals surface area contributed by atoms with E-state index in [1.807, 2.05) is 6.92 Å². The van der Waals surface area contributed by atoms with Gasteiger partial charge in [0.15, 0.2) is 11.6 Å². The molecule has 0 amide bonds. The molecule has 9 heteroatoms. The van der Waals surface area contributed by atoms with E-state index >= 15 is 0 Å². The molecular formula is C23H26F2N2O5. The zero-order valence-corrected chi connectivity index (χ0v) is 17.8. The van der Waals surface area contributed by atoms with Gasteiger partial charge in [-0.2, -0.15) is 0 Å². The van der Waals surface area contributed by atoms with Crippen LogP contribution in [0.1, 0.15) is 37.4 Å². The summed E-state index contributed by atoms with van der Waals surface area (Å²) in [6.45, 7) is 3.33. The Bertz CT molecular complexity index is 959. The van der Waals surface area contributed by atoms with Gasteiger partial charge >= 0.3 is 5.97 Å². The Morgan fingerprint density at radius 1 is 1.22 bits per heavy atom. The number of hydrogen-bond acceptors (Lipinski definition) is 5. The number of hydrogen-bond donors (Lipinski definition) is 2. The van der Waals surface area contributed by atoms with Crippen molar-refractivity contribution in [2.24, 2.45) is 11.8 Å². The van der Waals surface area contributed by atoms with Crippen molar-refractivity contribution in [3.05, 3.63) is 81.4 Å². The molecule has 2 aromatic rings. The van der Waals surface area contributed by atoms with E-state index in [1.165, 1.54) is 12.1 Å². The Morgan fingerprint density at radius 2 is 1.91 bits per heavy atom. The van der Waals surface area contributed by atoms with E-state index in [2.05, 4.69) is 5.32 Å². The summed E-state index contributed by atoms with van der Waals surface area (Å²) in [6, 6.07) is 8.97. The fraction of sp³-hybridized carbons (Fsp3) is 0.435. The first-order valence-electron chi connectivity index (χ1n) is 10.5. The number of aliphatic carboxylic acids is 1. The van der Waals surface area contributed by atoms with Crippen LogP contribution in [-0.4, -0.2) is 34.2 Å². The van der Waals surface area contributed by atoms with Crippen LogP contribution in [0.4, 0.5) is 8.78 Å². The molecule has 0 aromatic heterocycles. The maximum Gasteiger partial charge on any atom is 0.321 e. The van der Waals surface area contributed by atoms with E-state index in [9.17, 15) is 28.8 Å². The van der Waals surface area contributed by atoms with Crippen LogP contribution in [0.15, 0.2) is 48.5 Å².